The van der Waals surface area contributed by atoms with Gasteiger partial charge in [-0.15, -0.1) is 0 Å². The summed E-state index contributed by atoms with van der Waals surface area (Å²) in [6.07, 6.45) is 4.27. The lowest BCUT2D eigenvalue weighted by atomic mass is 10.1. The molecule has 1 heterocycles. The standard InChI is InChI=1S/C21H23Cl2NO3/c22-16-10-8-15(18(23)13-16)9-11-21(25)24-19-6-1-2-7-20(19)27-14-17-5-3-4-12-26-17/h1-2,6-8,10,13,17H,3-5,9,11-12,14H2,(H,24,25). The van der Waals surface area contributed by atoms with Crippen molar-refractivity contribution in [2.45, 2.75) is 38.2 Å². The molecule has 1 N–H and O–H groups in total. The average Bonchev–Trinajstić information content (AvgIpc) is 2.67. The van der Waals surface area contributed by atoms with Crippen LogP contribution in [0.5, 0.6) is 5.75 Å². The number of ether oxygens (including phenoxy) is 2. The number of para-hydroxylation sites is 2. The molecule has 0 saturated carbocycles. The molecule has 1 fully saturated rings. The van der Waals surface area contributed by atoms with Crippen molar-refractivity contribution < 1.29 is 14.3 Å². The first-order valence-electron chi connectivity index (χ1n) is 9.19. The van der Waals surface area contributed by atoms with Gasteiger partial charge in [-0.2, -0.15) is 0 Å². The number of carbonyl (C=O) groups excluding carboxylic acids is 1. The van der Waals surface area contributed by atoms with E-state index in [-0.39, 0.29) is 12.0 Å². The Labute approximate surface area is 169 Å². The van der Waals surface area contributed by atoms with E-state index in [1.165, 1.54) is 6.42 Å². The molecular formula is C21H23Cl2NO3. The summed E-state index contributed by atoms with van der Waals surface area (Å²) in [6.45, 7) is 1.28. The lowest BCUT2D eigenvalue weighted by Gasteiger charge is -2.23. The van der Waals surface area contributed by atoms with Crippen LogP contribution in [0.4, 0.5) is 5.69 Å². The van der Waals surface area contributed by atoms with Crippen molar-refractivity contribution in [2.75, 3.05) is 18.5 Å². The van der Waals surface area contributed by atoms with Gasteiger partial charge in [-0.25, -0.2) is 0 Å². The van der Waals surface area contributed by atoms with Gasteiger partial charge in [0.25, 0.3) is 0 Å². The average molecular weight is 408 g/mol. The lowest BCUT2D eigenvalue weighted by molar-refractivity contribution is -0.116. The molecular weight excluding hydrogens is 385 g/mol. The first-order chi connectivity index (χ1) is 13.1. The first-order valence-corrected chi connectivity index (χ1v) is 9.94. The van der Waals surface area contributed by atoms with Gasteiger partial charge >= 0.3 is 0 Å². The highest BCUT2D eigenvalue weighted by Crippen LogP contribution is 2.26. The summed E-state index contributed by atoms with van der Waals surface area (Å²) < 4.78 is 11.6. The molecule has 1 atom stereocenters. The number of carbonyl (C=O) groups is 1. The summed E-state index contributed by atoms with van der Waals surface area (Å²) in [4.78, 5) is 12.4. The number of amides is 1. The largest absolute Gasteiger partial charge is 0.489 e. The van der Waals surface area contributed by atoms with E-state index in [9.17, 15) is 4.79 Å². The normalized spacial score (nSPS) is 16.7. The Bertz CT molecular complexity index is 776. The second-order valence-corrected chi connectivity index (χ2v) is 7.42. The van der Waals surface area contributed by atoms with Crippen molar-refractivity contribution in [1.29, 1.82) is 0 Å². The molecule has 2 aromatic carbocycles. The summed E-state index contributed by atoms with van der Waals surface area (Å²) in [7, 11) is 0. The van der Waals surface area contributed by atoms with Crippen molar-refractivity contribution in [2.24, 2.45) is 0 Å². The molecule has 0 bridgehead atoms. The van der Waals surface area contributed by atoms with E-state index in [4.69, 9.17) is 32.7 Å². The minimum atomic E-state index is -0.0917. The smallest absolute Gasteiger partial charge is 0.224 e. The number of rotatable bonds is 7. The fourth-order valence-electron chi connectivity index (χ4n) is 3.00. The molecule has 1 aliphatic rings. The predicted molar refractivity (Wildman–Crippen MR) is 109 cm³/mol. The van der Waals surface area contributed by atoms with Gasteiger partial charge in [-0.05, 0) is 55.5 Å². The molecule has 6 heteroatoms. The second-order valence-electron chi connectivity index (χ2n) is 6.58. The van der Waals surface area contributed by atoms with Crippen molar-refractivity contribution in [3.63, 3.8) is 0 Å². The Morgan fingerprint density at radius 2 is 2.04 bits per heavy atom. The molecule has 1 unspecified atom stereocenters. The number of halogens is 2. The zero-order valence-corrected chi connectivity index (χ0v) is 16.6. The van der Waals surface area contributed by atoms with E-state index < -0.39 is 0 Å². The van der Waals surface area contributed by atoms with E-state index in [1.54, 1.807) is 12.1 Å². The second kappa shape index (κ2) is 9.98. The van der Waals surface area contributed by atoms with E-state index in [0.717, 1.165) is 25.0 Å². The Hall–Kier alpha value is -1.75. The highest BCUT2D eigenvalue weighted by Gasteiger charge is 2.16. The van der Waals surface area contributed by atoms with Gasteiger partial charge in [-0.1, -0.05) is 41.4 Å². The van der Waals surface area contributed by atoms with Crippen LogP contribution in [0.2, 0.25) is 10.0 Å². The fraction of sp³-hybridized carbons (Fsp3) is 0.381. The lowest BCUT2D eigenvalue weighted by Crippen LogP contribution is -2.26. The van der Waals surface area contributed by atoms with Crippen molar-refractivity contribution >= 4 is 34.8 Å². The van der Waals surface area contributed by atoms with Gasteiger partial charge in [0, 0.05) is 23.1 Å². The van der Waals surface area contributed by atoms with Gasteiger partial charge in [0.2, 0.25) is 5.91 Å². The zero-order chi connectivity index (χ0) is 19.1. The third-order valence-corrected chi connectivity index (χ3v) is 5.08. The van der Waals surface area contributed by atoms with Gasteiger partial charge in [0.05, 0.1) is 11.8 Å². The first kappa shape index (κ1) is 20.0. The van der Waals surface area contributed by atoms with Crippen LogP contribution >= 0.6 is 23.2 Å². The highest BCUT2D eigenvalue weighted by atomic mass is 35.5. The fourth-order valence-corrected chi connectivity index (χ4v) is 3.51. The molecule has 1 saturated heterocycles. The van der Waals surface area contributed by atoms with E-state index in [1.807, 2.05) is 30.3 Å². The molecule has 3 rings (SSSR count). The molecule has 0 aromatic heterocycles. The number of aryl methyl sites for hydroxylation is 1. The van der Waals surface area contributed by atoms with Crippen LogP contribution in [0.25, 0.3) is 0 Å². The maximum atomic E-state index is 12.4. The maximum Gasteiger partial charge on any atom is 0.224 e. The maximum absolute atomic E-state index is 12.4. The van der Waals surface area contributed by atoms with Crippen molar-refractivity contribution in [1.82, 2.24) is 0 Å². The summed E-state index contributed by atoms with van der Waals surface area (Å²) in [5.74, 6) is 0.565. The topological polar surface area (TPSA) is 47.6 Å². The van der Waals surface area contributed by atoms with E-state index >= 15 is 0 Å². The van der Waals surface area contributed by atoms with Crippen molar-refractivity contribution in [3.05, 3.63) is 58.1 Å². The van der Waals surface area contributed by atoms with Crippen LogP contribution in [0.15, 0.2) is 42.5 Å². The van der Waals surface area contributed by atoms with E-state index in [0.29, 0.717) is 40.9 Å². The Morgan fingerprint density at radius 1 is 1.19 bits per heavy atom. The number of hydrogen-bond donors (Lipinski definition) is 1. The number of hydrogen-bond acceptors (Lipinski definition) is 3. The van der Waals surface area contributed by atoms with Crippen molar-refractivity contribution in [3.8, 4) is 5.75 Å². The highest BCUT2D eigenvalue weighted by molar-refractivity contribution is 6.35. The third kappa shape index (κ3) is 6.13. The Morgan fingerprint density at radius 3 is 2.81 bits per heavy atom. The van der Waals surface area contributed by atoms with Crippen LogP contribution < -0.4 is 10.1 Å². The number of benzene rings is 2. The summed E-state index contributed by atoms with van der Waals surface area (Å²) in [5, 5.41) is 4.09. The predicted octanol–water partition coefficient (Wildman–Crippen LogP) is 5.51. The molecule has 144 valence electrons. The van der Waals surface area contributed by atoms with Gasteiger partial charge in [-0.3, -0.25) is 4.79 Å². The third-order valence-electron chi connectivity index (χ3n) is 4.50. The SMILES string of the molecule is O=C(CCc1ccc(Cl)cc1Cl)Nc1ccccc1OCC1CCCCO1. The molecule has 0 aliphatic carbocycles. The van der Waals surface area contributed by atoms with Crippen LogP contribution in [0.3, 0.4) is 0 Å². The molecule has 1 amide bonds. The van der Waals surface area contributed by atoms with E-state index in [2.05, 4.69) is 5.32 Å². The summed E-state index contributed by atoms with van der Waals surface area (Å²) in [6, 6.07) is 12.8. The van der Waals surface area contributed by atoms with Crippen LogP contribution in [0.1, 0.15) is 31.2 Å². The van der Waals surface area contributed by atoms with Gasteiger partial charge < -0.3 is 14.8 Å². The van der Waals surface area contributed by atoms with Crippen LogP contribution in [-0.2, 0) is 16.0 Å². The number of anilines is 1. The molecule has 0 radical (unpaired) electrons. The van der Waals surface area contributed by atoms with Crippen LogP contribution in [0, 0.1) is 0 Å². The number of nitrogens with one attached hydrogen (secondary N) is 1. The summed E-state index contributed by atoms with van der Waals surface area (Å²) >= 11 is 12.1. The zero-order valence-electron chi connectivity index (χ0n) is 15.0. The molecule has 0 spiro atoms. The minimum Gasteiger partial charge on any atom is -0.489 e. The molecule has 2 aromatic rings. The Kier molecular flexibility index (Phi) is 7.39. The Balaban J connectivity index is 1.54. The summed E-state index contributed by atoms with van der Waals surface area (Å²) in [5.41, 5.74) is 1.57. The quantitative estimate of drug-likeness (QED) is 0.657. The van der Waals surface area contributed by atoms with Gasteiger partial charge in [0.1, 0.15) is 12.4 Å². The molecule has 1 aliphatic heterocycles. The van der Waals surface area contributed by atoms with Gasteiger partial charge in [0.15, 0.2) is 0 Å². The minimum absolute atomic E-state index is 0.0917. The monoisotopic (exact) mass is 407 g/mol. The molecule has 27 heavy (non-hydrogen) atoms. The van der Waals surface area contributed by atoms with Crippen LogP contribution in [-0.4, -0.2) is 25.2 Å². The molecule has 4 nitrogen and oxygen atoms in total.